The van der Waals surface area contributed by atoms with Gasteiger partial charge in [0.2, 0.25) is 15.9 Å². The lowest BCUT2D eigenvalue weighted by Crippen LogP contribution is -2.48. The van der Waals surface area contributed by atoms with Gasteiger partial charge in [0.25, 0.3) is 5.91 Å². The summed E-state index contributed by atoms with van der Waals surface area (Å²) in [7, 11) is -3.64. The zero-order valence-electron chi connectivity index (χ0n) is 17.0. The van der Waals surface area contributed by atoms with E-state index in [0.29, 0.717) is 17.7 Å². The third-order valence-corrected chi connectivity index (χ3v) is 7.55. The minimum Gasteiger partial charge on any atom is -0.395 e. The van der Waals surface area contributed by atoms with Gasteiger partial charge in [-0.1, -0.05) is 36.7 Å². The summed E-state index contributed by atoms with van der Waals surface area (Å²) in [6, 6.07) is 10.3. The predicted molar refractivity (Wildman–Crippen MR) is 119 cm³/mol. The van der Waals surface area contributed by atoms with E-state index >= 15 is 0 Å². The number of sulfonamides is 1. The number of carbonyl (C=O) groups is 2. The fourth-order valence-corrected chi connectivity index (χ4v) is 5.57. The van der Waals surface area contributed by atoms with E-state index in [1.807, 2.05) is 0 Å². The molecule has 3 rings (SSSR count). The van der Waals surface area contributed by atoms with Crippen molar-refractivity contribution in [3.05, 3.63) is 64.2 Å². The van der Waals surface area contributed by atoms with E-state index < -0.39 is 34.5 Å². The van der Waals surface area contributed by atoms with Crippen molar-refractivity contribution in [3.63, 3.8) is 0 Å². The molecule has 2 aromatic carbocycles. The van der Waals surface area contributed by atoms with Crippen LogP contribution in [-0.4, -0.2) is 54.6 Å². The van der Waals surface area contributed by atoms with Crippen molar-refractivity contribution in [3.8, 4) is 0 Å². The van der Waals surface area contributed by atoms with Crippen molar-refractivity contribution in [2.75, 3.05) is 23.8 Å². The van der Waals surface area contributed by atoms with E-state index in [9.17, 15) is 23.1 Å². The molecule has 0 spiro atoms. The first-order valence-electron chi connectivity index (χ1n) is 9.79. The fourth-order valence-electron chi connectivity index (χ4n) is 3.63. The highest BCUT2D eigenvalue weighted by Crippen LogP contribution is 2.31. The molecular formula is C21H24ClN3O5S. The second kappa shape index (κ2) is 9.35. The number of rotatable bonds is 6. The normalized spacial score (nSPS) is 17.1. The Morgan fingerprint density at radius 3 is 2.55 bits per heavy atom. The van der Waals surface area contributed by atoms with Gasteiger partial charge in [0.05, 0.1) is 29.0 Å². The van der Waals surface area contributed by atoms with E-state index in [0.717, 1.165) is 0 Å². The summed E-state index contributed by atoms with van der Waals surface area (Å²) in [5.74, 6) is -1.19. The monoisotopic (exact) mass is 465 g/mol. The van der Waals surface area contributed by atoms with Crippen LogP contribution in [0.2, 0.25) is 5.02 Å². The molecule has 31 heavy (non-hydrogen) atoms. The molecular weight excluding hydrogens is 442 g/mol. The second-order valence-corrected chi connectivity index (χ2v) is 9.75. The van der Waals surface area contributed by atoms with Gasteiger partial charge in [-0.05, 0) is 36.2 Å². The van der Waals surface area contributed by atoms with Crippen LogP contribution in [0.1, 0.15) is 39.6 Å². The van der Waals surface area contributed by atoms with Gasteiger partial charge in [-0.15, -0.1) is 0 Å². The summed E-state index contributed by atoms with van der Waals surface area (Å²) >= 11 is 6.26. The Morgan fingerprint density at radius 1 is 1.23 bits per heavy atom. The van der Waals surface area contributed by atoms with Crippen molar-refractivity contribution in [1.29, 1.82) is 0 Å². The zero-order valence-corrected chi connectivity index (χ0v) is 18.6. The fraction of sp³-hybridized carbons (Fsp3) is 0.333. The SMILES string of the molecule is CCCS(=O)(=O)N1Cc2ccccc2N(C(=O)c2ccc(C(N)=O)cc2Cl)CC1CO. The van der Waals surface area contributed by atoms with Crippen LogP contribution in [0.3, 0.4) is 0 Å². The first-order valence-corrected chi connectivity index (χ1v) is 11.8. The summed E-state index contributed by atoms with van der Waals surface area (Å²) in [6.45, 7) is 1.31. The minimum atomic E-state index is -3.64. The highest BCUT2D eigenvalue weighted by atomic mass is 35.5. The van der Waals surface area contributed by atoms with Crippen LogP contribution in [0.4, 0.5) is 5.69 Å². The van der Waals surface area contributed by atoms with Gasteiger partial charge < -0.3 is 15.7 Å². The van der Waals surface area contributed by atoms with Gasteiger partial charge in [0.15, 0.2) is 0 Å². The van der Waals surface area contributed by atoms with Gasteiger partial charge in [0.1, 0.15) is 0 Å². The van der Waals surface area contributed by atoms with Crippen LogP contribution in [-0.2, 0) is 16.6 Å². The first-order chi connectivity index (χ1) is 14.7. The van der Waals surface area contributed by atoms with E-state index in [1.54, 1.807) is 31.2 Å². The number of carbonyl (C=O) groups excluding carboxylic acids is 2. The topological polar surface area (TPSA) is 121 Å². The Hall–Kier alpha value is -2.46. The average molecular weight is 466 g/mol. The molecule has 0 bridgehead atoms. The number of aliphatic hydroxyl groups is 1. The van der Waals surface area contributed by atoms with Crippen molar-refractivity contribution in [1.82, 2.24) is 4.31 Å². The second-order valence-electron chi connectivity index (χ2n) is 7.30. The van der Waals surface area contributed by atoms with Crippen LogP contribution in [0.15, 0.2) is 42.5 Å². The Morgan fingerprint density at radius 2 is 1.94 bits per heavy atom. The number of amides is 2. The Kier molecular flexibility index (Phi) is 7.00. The first kappa shape index (κ1) is 23.2. The number of halogens is 1. The van der Waals surface area contributed by atoms with Crippen molar-refractivity contribution < 1.29 is 23.1 Å². The highest BCUT2D eigenvalue weighted by molar-refractivity contribution is 7.89. The molecule has 0 fully saturated rings. The summed E-state index contributed by atoms with van der Waals surface area (Å²) in [4.78, 5) is 26.2. The maximum absolute atomic E-state index is 13.4. The number of benzene rings is 2. The molecule has 166 valence electrons. The summed E-state index contributed by atoms with van der Waals surface area (Å²) < 4.78 is 27.0. The van der Waals surface area contributed by atoms with Gasteiger partial charge in [0, 0.05) is 24.3 Å². The van der Waals surface area contributed by atoms with Crippen LogP contribution in [0, 0.1) is 0 Å². The van der Waals surface area contributed by atoms with Gasteiger partial charge in [-0.2, -0.15) is 4.31 Å². The van der Waals surface area contributed by atoms with Gasteiger partial charge in [-0.25, -0.2) is 8.42 Å². The number of para-hydroxylation sites is 1. The number of aliphatic hydroxyl groups excluding tert-OH is 1. The van der Waals surface area contributed by atoms with Crippen LogP contribution in [0.25, 0.3) is 0 Å². The standard InChI is InChI=1S/C21H24ClN3O5S/c1-2-9-31(29,30)25-11-15-5-3-4-6-19(15)24(12-16(25)13-26)21(28)17-8-7-14(20(23)27)10-18(17)22/h3-8,10,16,26H,2,9,11-13H2,1H3,(H2,23,27). The number of fused-ring (bicyclic) bond motifs is 1. The number of hydrogen-bond acceptors (Lipinski definition) is 5. The summed E-state index contributed by atoms with van der Waals surface area (Å²) in [6.07, 6.45) is 0.434. The van der Waals surface area contributed by atoms with E-state index in [1.165, 1.54) is 27.4 Å². The quantitative estimate of drug-likeness (QED) is 0.675. The molecule has 1 aliphatic heterocycles. The number of nitrogens with two attached hydrogens (primary N) is 1. The molecule has 2 amide bonds. The number of primary amides is 1. The lowest BCUT2D eigenvalue weighted by Gasteiger charge is -2.30. The molecule has 2 aromatic rings. The van der Waals surface area contributed by atoms with Crippen LogP contribution >= 0.6 is 11.6 Å². The molecule has 10 heteroatoms. The van der Waals surface area contributed by atoms with E-state index in [-0.39, 0.29) is 35.0 Å². The third-order valence-electron chi connectivity index (χ3n) is 5.17. The minimum absolute atomic E-state index is 0.0435. The Bertz CT molecular complexity index is 1110. The summed E-state index contributed by atoms with van der Waals surface area (Å²) in [5, 5.41) is 10.1. The molecule has 0 aromatic heterocycles. The van der Waals surface area contributed by atoms with Crippen molar-refractivity contribution >= 4 is 39.1 Å². The van der Waals surface area contributed by atoms with Crippen molar-refractivity contribution in [2.45, 2.75) is 25.9 Å². The molecule has 1 unspecified atom stereocenters. The van der Waals surface area contributed by atoms with Crippen LogP contribution < -0.4 is 10.6 Å². The van der Waals surface area contributed by atoms with Gasteiger partial charge in [-0.3, -0.25) is 9.59 Å². The smallest absolute Gasteiger partial charge is 0.259 e. The van der Waals surface area contributed by atoms with E-state index in [4.69, 9.17) is 17.3 Å². The molecule has 1 aliphatic rings. The third kappa shape index (κ3) is 4.74. The summed E-state index contributed by atoms with van der Waals surface area (Å²) in [5.41, 5.74) is 6.75. The largest absolute Gasteiger partial charge is 0.395 e. The molecule has 0 saturated heterocycles. The molecule has 1 heterocycles. The lowest BCUT2D eigenvalue weighted by molar-refractivity contribution is 0.0972. The molecule has 3 N–H and O–H groups in total. The van der Waals surface area contributed by atoms with Crippen molar-refractivity contribution in [2.24, 2.45) is 5.73 Å². The van der Waals surface area contributed by atoms with E-state index in [2.05, 4.69) is 0 Å². The highest BCUT2D eigenvalue weighted by Gasteiger charge is 2.36. The number of nitrogens with zero attached hydrogens (tertiary/aromatic N) is 2. The van der Waals surface area contributed by atoms with Crippen LogP contribution in [0.5, 0.6) is 0 Å². The molecule has 0 saturated carbocycles. The molecule has 0 aliphatic carbocycles. The zero-order chi connectivity index (χ0) is 22.8. The maximum Gasteiger partial charge on any atom is 0.259 e. The lowest BCUT2D eigenvalue weighted by atomic mass is 10.1. The Balaban J connectivity index is 2.07. The van der Waals surface area contributed by atoms with Gasteiger partial charge >= 0.3 is 0 Å². The molecule has 1 atom stereocenters. The maximum atomic E-state index is 13.4. The average Bonchev–Trinajstić information content (AvgIpc) is 2.90. The molecule has 8 nitrogen and oxygen atoms in total. The number of anilines is 1. The molecule has 0 radical (unpaired) electrons. The number of hydrogen-bond donors (Lipinski definition) is 2. The Labute approximate surface area is 186 Å². The predicted octanol–water partition coefficient (Wildman–Crippen LogP) is 2.00.